The predicted molar refractivity (Wildman–Crippen MR) is 120 cm³/mol. The van der Waals surface area contributed by atoms with Crippen LogP contribution in [0.25, 0.3) is 0 Å². The second-order valence-electron chi connectivity index (χ2n) is 6.75. The summed E-state index contributed by atoms with van der Waals surface area (Å²) in [6, 6.07) is 12.1. The Morgan fingerprint density at radius 1 is 1.16 bits per heavy atom. The molecule has 0 saturated heterocycles. The number of ether oxygens (including phenoxy) is 1. The molecule has 0 atom stereocenters. The van der Waals surface area contributed by atoms with Crippen molar-refractivity contribution >= 4 is 33.2 Å². The van der Waals surface area contributed by atoms with E-state index in [4.69, 9.17) is 16.3 Å². The average molecular weight is 478 g/mol. The molecule has 1 heterocycles. The minimum absolute atomic E-state index is 0.00596. The number of hydrogen-bond acceptors (Lipinski definition) is 5. The lowest BCUT2D eigenvalue weighted by atomic mass is 10.2. The molecular formula is C22H21ClFN3O4S. The lowest BCUT2D eigenvalue weighted by molar-refractivity contribution is 0.0950. The third-order valence-corrected chi connectivity index (χ3v) is 6.03. The summed E-state index contributed by atoms with van der Waals surface area (Å²) in [5.41, 5.74) is 0.851. The fourth-order valence-electron chi connectivity index (χ4n) is 2.74. The van der Waals surface area contributed by atoms with Gasteiger partial charge in [-0.25, -0.2) is 17.8 Å². The van der Waals surface area contributed by atoms with Gasteiger partial charge < -0.3 is 10.1 Å². The molecule has 10 heteroatoms. The van der Waals surface area contributed by atoms with Gasteiger partial charge in [-0.15, -0.1) is 0 Å². The highest BCUT2D eigenvalue weighted by atomic mass is 35.5. The molecule has 0 fully saturated rings. The quantitative estimate of drug-likeness (QED) is 0.476. The van der Waals surface area contributed by atoms with Crippen LogP contribution in [0.1, 0.15) is 29.3 Å². The molecule has 1 amide bonds. The van der Waals surface area contributed by atoms with E-state index in [1.165, 1.54) is 30.3 Å². The zero-order chi connectivity index (χ0) is 23.1. The van der Waals surface area contributed by atoms with Gasteiger partial charge in [0.1, 0.15) is 5.82 Å². The largest absolute Gasteiger partial charge is 0.477 e. The molecule has 7 nitrogen and oxygen atoms in total. The van der Waals surface area contributed by atoms with Crippen LogP contribution in [0.2, 0.25) is 5.02 Å². The SMILES string of the molecule is CCCOc1ncccc1CNC(=O)c1cc(S(=O)(=O)Nc2ccc(F)cc2)ccc1Cl. The number of anilines is 1. The molecule has 3 aromatic rings. The van der Waals surface area contributed by atoms with E-state index in [-0.39, 0.29) is 27.7 Å². The maximum atomic E-state index is 13.1. The normalized spacial score (nSPS) is 11.1. The molecule has 168 valence electrons. The molecule has 3 rings (SSSR count). The van der Waals surface area contributed by atoms with E-state index in [1.807, 2.05) is 6.92 Å². The first kappa shape index (κ1) is 23.5. The van der Waals surface area contributed by atoms with Gasteiger partial charge in [0.25, 0.3) is 15.9 Å². The van der Waals surface area contributed by atoms with Crippen LogP contribution in [0.4, 0.5) is 10.1 Å². The number of benzene rings is 2. The first-order valence-electron chi connectivity index (χ1n) is 9.73. The molecule has 0 spiro atoms. The summed E-state index contributed by atoms with van der Waals surface area (Å²) >= 11 is 6.15. The number of sulfonamides is 1. The highest BCUT2D eigenvalue weighted by molar-refractivity contribution is 7.92. The van der Waals surface area contributed by atoms with Crippen LogP contribution in [0.15, 0.2) is 65.7 Å². The standard InChI is InChI=1S/C22H21ClFN3O4S/c1-2-12-31-22-15(4-3-11-25-22)14-26-21(28)19-13-18(9-10-20(19)23)32(29,30)27-17-7-5-16(24)6-8-17/h3-11,13,27H,2,12,14H2,1H3,(H,26,28). The van der Waals surface area contributed by atoms with E-state index in [9.17, 15) is 17.6 Å². The maximum Gasteiger partial charge on any atom is 0.261 e. The summed E-state index contributed by atoms with van der Waals surface area (Å²) in [5, 5.41) is 2.80. The Labute approximate surface area is 190 Å². The summed E-state index contributed by atoms with van der Waals surface area (Å²) in [7, 11) is -4.02. The highest BCUT2D eigenvalue weighted by Crippen LogP contribution is 2.23. The van der Waals surface area contributed by atoms with E-state index < -0.39 is 21.7 Å². The van der Waals surface area contributed by atoms with Gasteiger partial charge in [0.05, 0.1) is 22.1 Å². The zero-order valence-corrected chi connectivity index (χ0v) is 18.7. The van der Waals surface area contributed by atoms with Gasteiger partial charge in [-0.05, 0) is 55.0 Å². The number of aromatic nitrogens is 1. The summed E-state index contributed by atoms with van der Waals surface area (Å²) in [5.74, 6) is -0.630. The molecule has 0 aliphatic carbocycles. The molecule has 2 aromatic carbocycles. The number of halogens is 2. The molecule has 0 bridgehead atoms. The number of rotatable bonds is 9. The van der Waals surface area contributed by atoms with Crippen molar-refractivity contribution < 1.29 is 22.3 Å². The highest BCUT2D eigenvalue weighted by Gasteiger charge is 2.19. The van der Waals surface area contributed by atoms with Crippen molar-refractivity contribution in [2.45, 2.75) is 24.8 Å². The predicted octanol–water partition coefficient (Wildman–Crippen LogP) is 4.39. The van der Waals surface area contributed by atoms with E-state index in [0.717, 1.165) is 18.6 Å². The third-order valence-electron chi connectivity index (χ3n) is 4.32. The molecule has 1 aromatic heterocycles. The van der Waals surface area contributed by atoms with Crippen LogP contribution in [0, 0.1) is 5.82 Å². The molecular weight excluding hydrogens is 457 g/mol. The van der Waals surface area contributed by atoms with Crippen molar-refractivity contribution in [1.29, 1.82) is 0 Å². The summed E-state index contributed by atoms with van der Waals surface area (Å²) in [6.45, 7) is 2.58. The van der Waals surface area contributed by atoms with Crippen molar-refractivity contribution in [3.8, 4) is 5.88 Å². The Bertz CT molecular complexity index is 1200. The number of hydrogen-bond donors (Lipinski definition) is 2. The third kappa shape index (κ3) is 5.95. The minimum Gasteiger partial charge on any atom is -0.477 e. The van der Waals surface area contributed by atoms with Gasteiger partial charge in [-0.3, -0.25) is 9.52 Å². The van der Waals surface area contributed by atoms with Crippen molar-refractivity contribution in [3.63, 3.8) is 0 Å². The Morgan fingerprint density at radius 2 is 1.91 bits per heavy atom. The van der Waals surface area contributed by atoms with Crippen LogP contribution < -0.4 is 14.8 Å². The number of carbonyl (C=O) groups is 1. The second kappa shape index (κ2) is 10.4. The Balaban J connectivity index is 1.76. The fourth-order valence-corrected chi connectivity index (χ4v) is 4.02. The number of pyridine rings is 1. The number of nitrogens with one attached hydrogen (secondary N) is 2. The van der Waals surface area contributed by atoms with E-state index in [1.54, 1.807) is 18.3 Å². The Kier molecular flexibility index (Phi) is 7.66. The monoisotopic (exact) mass is 477 g/mol. The lowest BCUT2D eigenvalue weighted by Crippen LogP contribution is -2.24. The molecule has 2 N–H and O–H groups in total. The molecule has 0 saturated carbocycles. The van der Waals surface area contributed by atoms with E-state index in [0.29, 0.717) is 18.1 Å². The second-order valence-corrected chi connectivity index (χ2v) is 8.84. The summed E-state index contributed by atoms with van der Waals surface area (Å²) < 4.78 is 46.4. The molecule has 0 aliphatic heterocycles. The summed E-state index contributed by atoms with van der Waals surface area (Å²) in [6.07, 6.45) is 2.40. The number of nitrogens with zero attached hydrogens (tertiary/aromatic N) is 1. The van der Waals surface area contributed by atoms with E-state index in [2.05, 4.69) is 15.0 Å². The number of amides is 1. The van der Waals surface area contributed by atoms with Gasteiger partial charge in [0.15, 0.2) is 0 Å². The summed E-state index contributed by atoms with van der Waals surface area (Å²) in [4.78, 5) is 16.7. The molecule has 0 unspecified atom stereocenters. The van der Waals surface area contributed by atoms with Crippen molar-refractivity contribution in [3.05, 3.63) is 82.8 Å². The molecule has 32 heavy (non-hydrogen) atoms. The van der Waals surface area contributed by atoms with Gasteiger partial charge in [0.2, 0.25) is 5.88 Å². The Hall–Kier alpha value is -3.17. The van der Waals surface area contributed by atoms with Crippen molar-refractivity contribution in [1.82, 2.24) is 10.3 Å². The Morgan fingerprint density at radius 3 is 2.62 bits per heavy atom. The average Bonchev–Trinajstić information content (AvgIpc) is 2.78. The van der Waals surface area contributed by atoms with Gasteiger partial charge in [0, 0.05) is 24.0 Å². The zero-order valence-electron chi connectivity index (χ0n) is 17.1. The topological polar surface area (TPSA) is 97.4 Å². The van der Waals surface area contributed by atoms with Crippen LogP contribution in [-0.2, 0) is 16.6 Å². The maximum absolute atomic E-state index is 13.1. The first-order chi connectivity index (χ1) is 15.3. The fraction of sp³-hybridized carbons (Fsp3) is 0.182. The van der Waals surface area contributed by atoms with Crippen molar-refractivity contribution in [2.24, 2.45) is 0 Å². The molecule has 0 aliphatic rings. The number of carbonyl (C=O) groups excluding carboxylic acids is 1. The first-order valence-corrected chi connectivity index (χ1v) is 11.6. The lowest BCUT2D eigenvalue weighted by Gasteiger charge is -2.12. The van der Waals surface area contributed by atoms with Crippen LogP contribution in [-0.4, -0.2) is 25.9 Å². The van der Waals surface area contributed by atoms with Gasteiger partial charge in [-0.2, -0.15) is 0 Å². The smallest absolute Gasteiger partial charge is 0.261 e. The minimum atomic E-state index is -4.02. The van der Waals surface area contributed by atoms with Gasteiger partial charge >= 0.3 is 0 Å². The molecule has 0 radical (unpaired) electrons. The van der Waals surface area contributed by atoms with Crippen LogP contribution in [0.3, 0.4) is 0 Å². The van der Waals surface area contributed by atoms with Crippen LogP contribution >= 0.6 is 11.6 Å². The van der Waals surface area contributed by atoms with Crippen LogP contribution in [0.5, 0.6) is 5.88 Å². The van der Waals surface area contributed by atoms with Crippen molar-refractivity contribution in [2.75, 3.05) is 11.3 Å². The van der Waals surface area contributed by atoms with E-state index >= 15 is 0 Å². The van der Waals surface area contributed by atoms with Gasteiger partial charge in [-0.1, -0.05) is 24.6 Å².